The van der Waals surface area contributed by atoms with Crippen molar-refractivity contribution in [1.29, 1.82) is 5.26 Å². The van der Waals surface area contributed by atoms with Crippen LogP contribution >= 0.6 is 15.9 Å². The molecule has 1 aliphatic heterocycles. The topological polar surface area (TPSA) is 102 Å². The van der Waals surface area contributed by atoms with Gasteiger partial charge in [0.25, 0.3) is 10.0 Å². The highest BCUT2D eigenvalue weighted by molar-refractivity contribution is 9.10. The monoisotopic (exact) mass is 529 g/mol. The molecule has 1 aromatic heterocycles. The first-order valence-electron chi connectivity index (χ1n) is 10.2. The molecule has 1 unspecified atom stereocenters. The number of carbonyl (C=O) groups is 1. The highest BCUT2D eigenvalue weighted by Crippen LogP contribution is 2.47. The van der Waals surface area contributed by atoms with E-state index in [1.165, 1.54) is 28.6 Å². The molecule has 0 saturated heterocycles. The van der Waals surface area contributed by atoms with Crippen molar-refractivity contribution in [1.82, 2.24) is 4.57 Å². The standard InChI is InChI=1S/C23H20BrN3O5S/c1-3-19-20-6-5-13-26(20)21-12-11-18(24)17(14-25)22(21)27(19)33(29,30)16-9-7-15(8-10-16)32-23(28)31-4-2/h5-13,19H,3-4H2,1-2H3. The number of hydrogen-bond donors (Lipinski definition) is 0. The van der Waals surface area contributed by atoms with Crippen molar-refractivity contribution >= 4 is 37.8 Å². The van der Waals surface area contributed by atoms with E-state index >= 15 is 0 Å². The maximum absolute atomic E-state index is 13.9. The lowest BCUT2D eigenvalue weighted by molar-refractivity contribution is 0.104. The molecule has 0 aliphatic carbocycles. The molecule has 8 nitrogen and oxygen atoms in total. The summed E-state index contributed by atoms with van der Waals surface area (Å²) in [7, 11) is -4.09. The third kappa shape index (κ3) is 3.87. The highest BCUT2D eigenvalue weighted by Gasteiger charge is 2.40. The molecular formula is C23H20BrN3O5S. The Kier molecular flexibility index (Phi) is 6.19. The van der Waals surface area contributed by atoms with E-state index in [9.17, 15) is 18.5 Å². The fourth-order valence-electron chi connectivity index (χ4n) is 3.94. The average molecular weight is 530 g/mol. The van der Waals surface area contributed by atoms with E-state index in [1.54, 1.807) is 19.1 Å². The van der Waals surface area contributed by atoms with E-state index in [0.29, 0.717) is 22.3 Å². The van der Waals surface area contributed by atoms with Crippen molar-refractivity contribution in [2.24, 2.45) is 0 Å². The molecule has 0 amide bonds. The van der Waals surface area contributed by atoms with Crippen LogP contribution in [0.1, 0.15) is 37.6 Å². The van der Waals surface area contributed by atoms with Gasteiger partial charge in [-0.1, -0.05) is 6.92 Å². The van der Waals surface area contributed by atoms with Crippen LogP contribution in [-0.4, -0.2) is 25.7 Å². The Bertz CT molecular complexity index is 1360. The number of anilines is 1. The number of sulfonamides is 1. The molecule has 10 heteroatoms. The molecule has 0 fully saturated rings. The molecule has 2 aromatic carbocycles. The van der Waals surface area contributed by atoms with Gasteiger partial charge < -0.3 is 14.0 Å². The summed E-state index contributed by atoms with van der Waals surface area (Å²) in [6, 6.07) is 14.4. The number of aromatic nitrogens is 1. The minimum atomic E-state index is -4.09. The molecule has 0 bridgehead atoms. The maximum Gasteiger partial charge on any atom is 0.513 e. The summed E-state index contributed by atoms with van der Waals surface area (Å²) in [4.78, 5) is 11.6. The van der Waals surface area contributed by atoms with Gasteiger partial charge in [0.05, 0.1) is 34.5 Å². The highest BCUT2D eigenvalue weighted by atomic mass is 79.9. The Morgan fingerprint density at radius 1 is 1.15 bits per heavy atom. The van der Waals surface area contributed by atoms with Gasteiger partial charge in [0, 0.05) is 16.4 Å². The number of halogens is 1. The van der Waals surface area contributed by atoms with E-state index in [2.05, 4.69) is 22.0 Å². The molecule has 33 heavy (non-hydrogen) atoms. The molecule has 1 aliphatic rings. The van der Waals surface area contributed by atoms with Crippen LogP contribution in [0.2, 0.25) is 0 Å². The number of benzene rings is 2. The molecule has 4 rings (SSSR count). The molecule has 0 saturated carbocycles. The molecular weight excluding hydrogens is 510 g/mol. The normalized spacial score (nSPS) is 14.7. The number of fused-ring (bicyclic) bond motifs is 3. The lowest BCUT2D eigenvalue weighted by atomic mass is 10.0. The number of ether oxygens (including phenoxy) is 2. The van der Waals surface area contributed by atoms with Crippen molar-refractivity contribution in [2.75, 3.05) is 10.9 Å². The van der Waals surface area contributed by atoms with Gasteiger partial charge in [0.15, 0.2) is 0 Å². The van der Waals surface area contributed by atoms with Crippen LogP contribution < -0.4 is 9.04 Å². The average Bonchev–Trinajstić information content (AvgIpc) is 3.28. The fraction of sp³-hybridized carbons (Fsp3) is 0.217. The van der Waals surface area contributed by atoms with Gasteiger partial charge in [0.2, 0.25) is 0 Å². The largest absolute Gasteiger partial charge is 0.513 e. The molecule has 3 aromatic rings. The van der Waals surface area contributed by atoms with E-state index in [4.69, 9.17) is 9.47 Å². The second kappa shape index (κ2) is 8.92. The zero-order valence-corrected chi connectivity index (χ0v) is 20.3. The number of carbonyl (C=O) groups excluding carboxylic acids is 1. The summed E-state index contributed by atoms with van der Waals surface area (Å²) in [5, 5.41) is 9.88. The van der Waals surface area contributed by atoms with Crippen LogP contribution in [0.4, 0.5) is 10.5 Å². The van der Waals surface area contributed by atoms with Crippen LogP contribution in [0.15, 0.2) is 64.1 Å². The Hall–Kier alpha value is -3.29. The Labute approximate surface area is 200 Å². The van der Waals surface area contributed by atoms with Crippen LogP contribution in [0.5, 0.6) is 5.75 Å². The number of nitriles is 1. The van der Waals surface area contributed by atoms with Crippen molar-refractivity contribution in [3.05, 3.63) is 70.5 Å². The van der Waals surface area contributed by atoms with E-state index in [1.807, 2.05) is 29.8 Å². The predicted molar refractivity (Wildman–Crippen MR) is 125 cm³/mol. The van der Waals surface area contributed by atoms with E-state index in [-0.39, 0.29) is 22.8 Å². The summed E-state index contributed by atoms with van der Waals surface area (Å²) in [6.45, 7) is 3.72. The second-order valence-electron chi connectivity index (χ2n) is 7.19. The van der Waals surface area contributed by atoms with Crippen molar-refractivity contribution in [2.45, 2.75) is 31.2 Å². The van der Waals surface area contributed by atoms with Gasteiger partial charge in [-0.3, -0.25) is 4.31 Å². The van der Waals surface area contributed by atoms with E-state index in [0.717, 1.165) is 5.69 Å². The van der Waals surface area contributed by atoms with Crippen LogP contribution in [-0.2, 0) is 14.8 Å². The molecule has 1 atom stereocenters. The summed E-state index contributed by atoms with van der Waals surface area (Å²) in [5.41, 5.74) is 1.96. The summed E-state index contributed by atoms with van der Waals surface area (Å²) >= 11 is 3.39. The Morgan fingerprint density at radius 3 is 2.52 bits per heavy atom. The van der Waals surface area contributed by atoms with Crippen LogP contribution in [0.25, 0.3) is 5.69 Å². The summed E-state index contributed by atoms with van der Waals surface area (Å²) in [6.07, 6.45) is 1.48. The van der Waals surface area contributed by atoms with Crippen LogP contribution in [0, 0.1) is 11.3 Å². The minimum absolute atomic E-state index is 0.00646. The molecule has 0 radical (unpaired) electrons. The predicted octanol–water partition coefficient (Wildman–Crippen LogP) is 5.31. The molecule has 0 spiro atoms. The Morgan fingerprint density at radius 2 is 1.88 bits per heavy atom. The zero-order valence-electron chi connectivity index (χ0n) is 17.9. The SMILES string of the molecule is CCOC(=O)Oc1ccc(S(=O)(=O)N2c3c(ccc(Br)c3C#N)-n3cccc3C2CC)cc1. The van der Waals surface area contributed by atoms with Gasteiger partial charge in [-0.05, 0) is 77.8 Å². The van der Waals surface area contributed by atoms with Crippen LogP contribution in [0.3, 0.4) is 0 Å². The smallest absolute Gasteiger partial charge is 0.434 e. The first-order valence-corrected chi connectivity index (χ1v) is 12.5. The Balaban J connectivity index is 1.85. The second-order valence-corrected chi connectivity index (χ2v) is 9.86. The maximum atomic E-state index is 13.9. The van der Waals surface area contributed by atoms with Gasteiger partial charge >= 0.3 is 6.16 Å². The van der Waals surface area contributed by atoms with Crippen molar-refractivity contribution < 1.29 is 22.7 Å². The summed E-state index contributed by atoms with van der Waals surface area (Å²) < 4.78 is 41.4. The first kappa shape index (κ1) is 22.9. The molecule has 0 N–H and O–H groups in total. The van der Waals surface area contributed by atoms with Crippen molar-refractivity contribution in [3.8, 4) is 17.5 Å². The first-order chi connectivity index (χ1) is 15.8. The third-order valence-corrected chi connectivity index (χ3v) is 7.82. The minimum Gasteiger partial charge on any atom is -0.434 e. The quantitative estimate of drug-likeness (QED) is 0.328. The van der Waals surface area contributed by atoms with Gasteiger partial charge in [-0.15, -0.1) is 0 Å². The zero-order chi connectivity index (χ0) is 23.8. The van der Waals surface area contributed by atoms with Crippen molar-refractivity contribution in [3.63, 3.8) is 0 Å². The third-order valence-electron chi connectivity index (χ3n) is 5.33. The number of nitrogens with zero attached hydrogens (tertiary/aromatic N) is 3. The number of rotatable bonds is 5. The van der Waals surface area contributed by atoms with Gasteiger partial charge in [-0.2, -0.15) is 5.26 Å². The molecule has 2 heterocycles. The van der Waals surface area contributed by atoms with E-state index < -0.39 is 22.2 Å². The lowest BCUT2D eigenvalue weighted by Gasteiger charge is -2.39. The summed E-state index contributed by atoms with van der Waals surface area (Å²) in [5.74, 6) is 0.160. The van der Waals surface area contributed by atoms with Gasteiger partial charge in [0.1, 0.15) is 11.8 Å². The number of hydrogen-bond acceptors (Lipinski definition) is 6. The fourth-order valence-corrected chi connectivity index (χ4v) is 6.07. The molecule has 170 valence electrons. The lowest BCUT2D eigenvalue weighted by Crippen LogP contribution is -2.39. The van der Waals surface area contributed by atoms with Gasteiger partial charge in [-0.25, -0.2) is 13.2 Å².